The van der Waals surface area contributed by atoms with Crippen molar-refractivity contribution < 1.29 is 9.90 Å². The number of rotatable bonds is 3. The van der Waals surface area contributed by atoms with Crippen molar-refractivity contribution in [2.24, 2.45) is 11.8 Å². The molecule has 1 aromatic carbocycles. The standard InChI is InChI=1S/C16H19NO2/c18-16(19)15(13-4-2-1-3-5-13)10-14-11-17-8-6-12(14)7-9-17/h1-5,10,12,14H,6-9,11H2,(H,18,19). The van der Waals surface area contributed by atoms with E-state index in [1.807, 2.05) is 36.4 Å². The van der Waals surface area contributed by atoms with Gasteiger partial charge in [0.05, 0.1) is 5.57 Å². The van der Waals surface area contributed by atoms with Crippen molar-refractivity contribution in [2.45, 2.75) is 12.8 Å². The molecule has 1 N–H and O–H groups in total. The fraction of sp³-hybridized carbons (Fsp3) is 0.438. The Hall–Kier alpha value is -1.61. The molecule has 100 valence electrons. The number of hydrogen-bond donors (Lipinski definition) is 1. The van der Waals surface area contributed by atoms with Gasteiger partial charge in [-0.05, 0) is 43.3 Å². The first-order valence-electron chi connectivity index (χ1n) is 6.97. The molecule has 0 radical (unpaired) electrons. The van der Waals surface area contributed by atoms with E-state index in [1.165, 1.54) is 25.9 Å². The molecule has 3 aliphatic heterocycles. The van der Waals surface area contributed by atoms with Crippen LogP contribution in [-0.2, 0) is 4.79 Å². The number of aliphatic carboxylic acids is 1. The molecule has 0 amide bonds. The third-order valence-electron chi connectivity index (χ3n) is 4.40. The summed E-state index contributed by atoms with van der Waals surface area (Å²) in [6, 6.07) is 9.45. The van der Waals surface area contributed by atoms with Gasteiger partial charge in [-0.25, -0.2) is 4.79 Å². The number of hydrogen-bond acceptors (Lipinski definition) is 2. The number of nitrogens with zero attached hydrogens (tertiary/aromatic N) is 1. The smallest absolute Gasteiger partial charge is 0.335 e. The molecule has 0 aromatic heterocycles. The summed E-state index contributed by atoms with van der Waals surface area (Å²) in [7, 11) is 0. The fourth-order valence-corrected chi connectivity index (χ4v) is 3.32. The molecule has 3 aliphatic rings. The van der Waals surface area contributed by atoms with Gasteiger partial charge in [-0.15, -0.1) is 0 Å². The topological polar surface area (TPSA) is 40.5 Å². The summed E-state index contributed by atoms with van der Waals surface area (Å²) < 4.78 is 0. The maximum absolute atomic E-state index is 11.5. The molecule has 3 nitrogen and oxygen atoms in total. The van der Waals surface area contributed by atoms with Crippen molar-refractivity contribution in [3.8, 4) is 0 Å². The molecule has 0 aliphatic carbocycles. The van der Waals surface area contributed by atoms with Gasteiger partial charge in [-0.1, -0.05) is 36.4 Å². The van der Waals surface area contributed by atoms with E-state index in [2.05, 4.69) is 4.90 Å². The van der Waals surface area contributed by atoms with E-state index in [-0.39, 0.29) is 0 Å². The summed E-state index contributed by atoms with van der Waals surface area (Å²) in [6.07, 6.45) is 4.42. The van der Waals surface area contributed by atoms with E-state index in [0.717, 1.165) is 12.1 Å². The minimum Gasteiger partial charge on any atom is -0.478 e. The van der Waals surface area contributed by atoms with Crippen LogP contribution in [0.1, 0.15) is 18.4 Å². The Morgan fingerprint density at radius 1 is 1.21 bits per heavy atom. The summed E-state index contributed by atoms with van der Waals surface area (Å²) in [4.78, 5) is 13.9. The van der Waals surface area contributed by atoms with E-state index in [0.29, 0.717) is 17.4 Å². The largest absolute Gasteiger partial charge is 0.478 e. The van der Waals surface area contributed by atoms with Crippen LogP contribution in [-0.4, -0.2) is 35.6 Å². The Morgan fingerprint density at radius 3 is 2.42 bits per heavy atom. The van der Waals surface area contributed by atoms with Gasteiger partial charge < -0.3 is 10.0 Å². The molecule has 3 heterocycles. The average molecular weight is 257 g/mol. The first-order valence-corrected chi connectivity index (χ1v) is 6.97. The summed E-state index contributed by atoms with van der Waals surface area (Å²) in [5.41, 5.74) is 1.27. The van der Waals surface area contributed by atoms with Crippen molar-refractivity contribution in [3.63, 3.8) is 0 Å². The van der Waals surface area contributed by atoms with Crippen molar-refractivity contribution in [2.75, 3.05) is 19.6 Å². The quantitative estimate of drug-likeness (QED) is 0.846. The van der Waals surface area contributed by atoms with E-state index in [4.69, 9.17) is 0 Å². The van der Waals surface area contributed by atoms with Crippen LogP contribution in [0, 0.1) is 11.8 Å². The second kappa shape index (κ2) is 5.17. The number of carbonyl (C=O) groups is 1. The second-order valence-electron chi connectivity index (χ2n) is 5.55. The molecule has 3 saturated heterocycles. The zero-order valence-corrected chi connectivity index (χ0v) is 11.0. The lowest BCUT2D eigenvalue weighted by atomic mass is 9.78. The minimum absolute atomic E-state index is 0.397. The lowest BCUT2D eigenvalue weighted by molar-refractivity contribution is -0.130. The molecular formula is C16H19NO2. The number of carboxylic acids is 1. The SMILES string of the molecule is O=C(O)C(=CC1CN2CCC1CC2)c1ccccc1. The van der Waals surface area contributed by atoms with Crippen LogP contribution in [0.2, 0.25) is 0 Å². The highest BCUT2D eigenvalue weighted by atomic mass is 16.4. The van der Waals surface area contributed by atoms with Gasteiger partial charge >= 0.3 is 5.97 Å². The highest BCUT2D eigenvalue weighted by molar-refractivity contribution is 6.15. The third kappa shape index (κ3) is 2.56. The van der Waals surface area contributed by atoms with Crippen LogP contribution >= 0.6 is 0 Å². The molecule has 0 spiro atoms. The molecule has 0 saturated carbocycles. The molecule has 4 rings (SSSR count). The Labute approximate surface area is 113 Å². The maximum Gasteiger partial charge on any atom is 0.335 e. The van der Waals surface area contributed by atoms with Gasteiger partial charge in [0.1, 0.15) is 0 Å². The van der Waals surface area contributed by atoms with Crippen LogP contribution < -0.4 is 0 Å². The van der Waals surface area contributed by atoms with E-state index >= 15 is 0 Å². The van der Waals surface area contributed by atoms with E-state index in [1.54, 1.807) is 0 Å². The summed E-state index contributed by atoms with van der Waals surface area (Å²) in [5, 5.41) is 9.45. The minimum atomic E-state index is -0.817. The predicted octanol–water partition coefficient (Wildman–Crippen LogP) is 2.50. The molecule has 1 aromatic rings. The molecule has 19 heavy (non-hydrogen) atoms. The third-order valence-corrected chi connectivity index (χ3v) is 4.40. The zero-order valence-electron chi connectivity index (χ0n) is 11.0. The van der Waals surface area contributed by atoms with Gasteiger partial charge in [-0.2, -0.15) is 0 Å². The Kier molecular flexibility index (Phi) is 3.38. The summed E-state index contributed by atoms with van der Waals surface area (Å²) in [6.45, 7) is 3.39. The lowest BCUT2D eigenvalue weighted by Crippen LogP contribution is -2.46. The highest BCUT2D eigenvalue weighted by Crippen LogP contribution is 2.34. The van der Waals surface area contributed by atoms with Crippen molar-refractivity contribution in [1.82, 2.24) is 4.90 Å². The van der Waals surface area contributed by atoms with Gasteiger partial charge in [0.15, 0.2) is 0 Å². The number of fused-ring (bicyclic) bond motifs is 3. The van der Waals surface area contributed by atoms with Crippen LogP contribution in [0.4, 0.5) is 0 Å². The van der Waals surface area contributed by atoms with Gasteiger partial charge in [-0.3, -0.25) is 0 Å². The zero-order chi connectivity index (χ0) is 13.2. The lowest BCUT2D eigenvalue weighted by Gasteiger charge is -2.44. The summed E-state index contributed by atoms with van der Waals surface area (Å²) in [5.74, 6) is 0.250. The fourth-order valence-electron chi connectivity index (χ4n) is 3.32. The maximum atomic E-state index is 11.5. The van der Waals surface area contributed by atoms with E-state index in [9.17, 15) is 9.90 Å². The number of benzene rings is 1. The van der Waals surface area contributed by atoms with E-state index < -0.39 is 5.97 Å². The molecule has 1 unspecified atom stereocenters. The monoisotopic (exact) mass is 257 g/mol. The second-order valence-corrected chi connectivity index (χ2v) is 5.55. The molecule has 3 fully saturated rings. The predicted molar refractivity (Wildman–Crippen MR) is 74.7 cm³/mol. The Morgan fingerprint density at radius 2 is 1.89 bits per heavy atom. The Bertz CT molecular complexity index is 487. The molecular weight excluding hydrogens is 238 g/mol. The first kappa shape index (κ1) is 12.4. The molecule has 2 bridgehead atoms. The van der Waals surface area contributed by atoms with Crippen molar-refractivity contribution >= 4 is 11.5 Å². The molecule has 1 atom stereocenters. The normalized spacial score (nSPS) is 30.3. The van der Waals surface area contributed by atoms with Crippen molar-refractivity contribution in [3.05, 3.63) is 42.0 Å². The van der Waals surface area contributed by atoms with Crippen molar-refractivity contribution in [1.29, 1.82) is 0 Å². The molecule has 3 heteroatoms. The highest BCUT2D eigenvalue weighted by Gasteiger charge is 2.33. The van der Waals surface area contributed by atoms with Crippen LogP contribution in [0.5, 0.6) is 0 Å². The van der Waals surface area contributed by atoms with Gasteiger partial charge in [0, 0.05) is 6.54 Å². The number of piperidine rings is 3. The first-order chi connectivity index (χ1) is 9.24. The average Bonchev–Trinajstić information content (AvgIpc) is 2.46. The van der Waals surface area contributed by atoms with Crippen LogP contribution in [0.25, 0.3) is 5.57 Å². The van der Waals surface area contributed by atoms with Gasteiger partial charge in [0.2, 0.25) is 0 Å². The Balaban J connectivity index is 1.88. The summed E-state index contributed by atoms with van der Waals surface area (Å²) >= 11 is 0. The van der Waals surface area contributed by atoms with Crippen LogP contribution in [0.15, 0.2) is 36.4 Å². The number of carboxylic acid groups (broad SMARTS) is 1. The van der Waals surface area contributed by atoms with Crippen LogP contribution in [0.3, 0.4) is 0 Å². The van der Waals surface area contributed by atoms with Gasteiger partial charge in [0.25, 0.3) is 0 Å².